The van der Waals surface area contributed by atoms with Crippen LogP contribution in [0.5, 0.6) is 0 Å². The molecule has 1 fully saturated rings. The zero-order chi connectivity index (χ0) is 11.2. The van der Waals surface area contributed by atoms with E-state index in [0.717, 1.165) is 38.4 Å². The molecule has 4 nitrogen and oxygen atoms in total. The summed E-state index contributed by atoms with van der Waals surface area (Å²) in [5.74, 6) is 0.159. The molecule has 4 heteroatoms. The van der Waals surface area contributed by atoms with Crippen LogP contribution in [0.2, 0.25) is 0 Å². The summed E-state index contributed by atoms with van der Waals surface area (Å²) in [6.07, 6.45) is 3.59. The first-order chi connectivity index (χ1) is 7.90. The Bertz CT molecular complexity index is 299. The Hall–Kier alpha value is -0.970. The first kappa shape index (κ1) is 11.5. The van der Waals surface area contributed by atoms with E-state index in [9.17, 15) is 5.11 Å². The third kappa shape index (κ3) is 3.01. The van der Waals surface area contributed by atoms with Crippen molar-refractivity contribution in [2.24, 2.45) is 0 Å². The molecule has 16 heavy (non-hydrogen) atoms. The van der Waals surface area contributed by atoms with Crippen molar-refractivity contribution in [3.8, 4) is 0 Å². The van der Waals surface area contributed by atoms with E-state index >= 15 is 0 Å². The van der Waals surface area contributed by atoms with Gasteiger partial charge in [-0.05, 0) is 11.6 Å². The molecule has 0 radical (unpaired) electrons. The Labute approximate surface area is 95.9 Å². The van der Waals surface area contributed by atoms with Crippen molar-refractivity contribution in [3.63, 3.8) is 0 Å². The van der Waals surface area contributed by atoms with E-state index in [1.54, 1.807) is 6.20 Å². The maximum atomic E-state index is 9.42. The Kier molecular flexibility index (Phi) is 4.27. The third-order valence-electron chi connectivity index (χ3n) is 2.96. The minimum absolute atomic E-state index is 0.159. The predicted octanol–water partition coefficient (Wildman–Crippen LogP) is 0.490. The van der Waals surface area contributed by atoms with E-state index in [1.807, 2.05) is 18.3 Å². The van der Waals surface area contributed by atoms with Gasteiger partial charge in [0.15, 0.2) is 0 Å². The van der Waals surface area contributed by atoms with Crippen LogP contribution in [0.3, 0.4) is 0 Å². The fourth-order valence-corrected chi connectivity index (χ4v) is 1.98. The number of ether oxygens (including phenoxy) is 1. The molecule has 1 atom stereocenters. The SMILES string of the molecule is OCC(CN1CCOCC1)c1cccnc1. The number of hydrogen-bond acceptors (Lipinski definition) is 4. The van der Waals surface area contributed by atoms with Crippen LogP contribution in [0.1, 0.15) is 11.5 Å². The highest BCUT2D eigenvalue weighted by atomic mass is 16.5. The molecule has 1 aliphatic heterocycles. The van der Waals surface area contributed by atoms with Crippen molar-refractivity contribution < 1.29 is 9.84 Å². The Morgan fingerprint density at radius 1 is 1.44 bits per heavy atom. The van der Waals surface area contributed by atoms with Crippen molar-refractivity contribution in [1.29, 1.82) is 0 Å². The van der Waals surface area contributed by atoms with Gasteiger partial charge in [0.1, 0.15) is 0 Å². The summed E-state index contributed by atoms with van der Waals surface area (Å²) in [5, 5.41) is 9.42. The molecule has 1 aromatic heterocycles. The van der Waals surface area contributed by atoms with Crippen LogP contribution in [0.4, 0.5) is 0 Å². The van der Waals surface area contributed by atoms with Crippen molar-refractivity contribution in [2.75, 3.05) is 39.5 Å². The van der Waals surface area contributed by atoms with Crippen LogP contribution in [0.15, 0.2) is 24.5 Å². The minimum Gasteiger partial charge on any atom is -0.396 e. The molecule has 0 amide bonds. The summed E-state index contributed by atoms with van der Waals surface area (Å²) in [7, 11) is 0. The number of nitrogens with zero attached hydrogens (tertiary/aromatic N) is 2. The maximum Gasteiger partial charge on any atom is 0.0594 e. The second-order valence-corrected chi connectivity index (χ2v) is 4.08. The van der Waals surface area contributed by atoms with Crippen LogP contribution < -0.4 is 0 Å². The quantitative estimate of drug-likeness (QED) is 0.805. The van der Waals surface area contributed by atoms with Crippen molar-refractivity contribution in [1.82, 2.24) is 9.88 Å². The van der Waals surface area contributed by atoms with E-state index in [4.69, 9.17) is 4.74 Å². The first-order valence-electron chi connectivity index (χ1n) is 5.71. The lowest BCUT2D eigenvalue weighted by Gasteiger charge is -2.29. The van der Waals surface area contributed by atoms with Gasteiger partial charge in [-0.2, -0.15) is 0 Å². The fourth-order valence-electron chi connectivity index (χ4n) is 1.98. The van der Waals surface area contributed by atoms with Gasteiger partial charge in [-0.3, -0.25) is 9.88 Å². The lowest BCUT2D eigenvalue weighted by Crippen LogP contribution is -2.39. The fraction of sp³-hybridized carbons (Fsp3) is 0.583. The number of aromatic nitrogens is 1. The molecule has 2 heterocycles. The van der Waals surface area contributed by atoms with Crippen LogP contribution in [-0.4, -0.2) is 54.4 Å². The second kappa shape index (κ2) is 5.94. The number of morpholine rings is 1. The summed E-state index contributed by atoms with van der Waals surface area (Å²) in [4.78, 5) is 6.42. The molecule has 1 saturated heterocycles. The minimum atomic E-state index is 0.159. The van der Waals surface area contributed by atoms with Crippen molar-refractivity contribution in [3.05, 3.63) is 30.1 Å². The van der Waals surface area contributed by atoms with Gasteiger partial charge in [0.05, 0.1) is 19.8 Å². The van der Waals surface area contributed by atoms with E-state index in [1.165, 1.54) is 0 Å². The van der Waals surface area contributed by atoms with Crippen LogP contribution >= 0.6 is 0 Å². The lowest BCUT2D eigenvalue weighted by molar-refractivity contribution is 0.0319. The molecule has 0 spiro atoms. The number of hydrogen-bond donors (Lipinski definition) is 1. The number of aliphatic hydroxyl groups excluding tert-OH is 1. The Balaban J connectivity index is 1.94. The third-order valence-corrected chi connectivity index (χ3v) is 2.96. The molecule has 88 valence electrons. The monoisotopic (exact) mass is 222 g/mol. The molecule has 0 aliphatic carbocycles. The van der Waals surface area contributed by atoms with E-state index < -0.39 is 0 Å². The summed E-state index contributed by atoms with van der Waals surface area (Å²) in [6.45, 7) is 4.55. The van der Waals surface area contributed by atoms with Crippen LogP contribution in [0, 0.1) is 0 Å². The zero-order valence-corrected chi connectivity index (χ0v) is 9.38. The van der Waals surface area contributed by atoms with Gasteiger partial charge >= 0.3 is 0 Å². The molecular weight excluding hydrogens is 204 g/mol. The first-order valence-corrected chi connectivity index (χ1v) is 5.71. The molecule has 0 saturated carbocycles. The van der Waals surface area contributed by atoms with Gasteiger partial charge in [-0.1, -0.05) is 6.07 Å². The van der Waals surface area contributed by atoms with Gasteiger partial charge in [-0.25, -0.2) is 0 Å². The summed E-state index contributed by atoms with van der Waals surface area (Å²) in [6, 6.07) is 3.94. The van der Waals surface area contributed by atoms with E-state index in [2.05, 4.69) is 9.88 Å². The van der Waals surface area contributed by atoms with Gasteiger partial charge < -0.3 is 9.84 Å². The second-order valence-electron chi connectivity index (χ2n) is 4.08. The summed E-state index contributed by atoms with van der Waals surface area (Å²) < 4.78 is 5.30. The molecule has 1 aromatic rings. The largest absolute Gasteiger partial charge is 0.396 e. The molecule has 2 rings (SSSR count). The Morgan fingerprint density at radius 3 is 2.88 bits per heavy atom. The van der Waals surface area contributed by atoms with Gasteiger partial charge in [-0.15, -0.1) is 0 Å². The molecular formula is C12H18N2O2. The topological polar surface area (TPSA) is 45.6 Å². The van der Waals surface area contributed by atoms with E-state index in [-0.39, 0.29) is 12.5 Å². The van der Waals surface area contributed by atoms with Gasteiger partial charge in [0, 0.05) is 37.9 Å². The van der Waals surface area contributed by atoms with Gasteiger partial charge in [0.25, 0.3) is 0 Å². The summed E-state index contributed by atoms with van der Waals surface area (Å²) in [5.41, 5.74) is 1.11. The maximum absolute atomic E-state index is 9.42. The highest BCUT2D eigenvalue weighted by Gasteiger charge is 2.17. The normalized spacial score (nSPS) is 19.6. The van der Waals surface area contributed by atoms with Crippen LogP contribution in [0.25, 0.3) is 0 Å². The summed E-state index contributed by atoms with van der Waals surface area (Å²) >= 11 is 0. The average molecular weight is 222 g/mol. The lowest BCUT2D eigenvalue weighted by atomic mass is 10.0. The van der Waals surface area contributed by atoms with Crippen molar-refractivity contribution in [2.45, 2.75) is 5.92 Å². The predicted molar refractivity (Wildman–Crippen MR) is 61.3 cm³/mol. The average Bonchev–Trinajstić information content (AvgIpc) is 2.38. The van der Waals surface area contributed by atoms with E-state index in [0.29, 0.717) is 0 Å². The number of pyridine rings is 1. The molecule has 1 N–H and O–H groups in total. The van der Waals surface area contributed by atoms with Gasteiger partial charge in [0.2, 0.25) is 0 Å². The van der Waals surface area contributed by atoms with Crippen LogP contribution in [-0.2, 0) is 4.74 Å². The molecule has 0 aromatic carbocycles. The smallest absolute Gasteiger partial charge is 0.0594 e. The molecule has 0 bridgehead atoms. The number of rotatable bonds is 4. The van der Waals surface area contributed by atoms with Crippen molar-refractivity contribution >= 4 is 0 Å². The highest BCUT2D eigenvalue weighted by Crippen LogP contribution is 2.16. The molecule has 1 aliphatic rings. The standard InChI is InChI=1S/C12H18N2O2/c15-10-12(11-2-1-3-13-8-11)9-14-4-6-16-7-5-14/h1-3,8,12,15H,4-7,9-10H2. The highest BCUT2D eigenvalue weighted by molar-refractivity contribution is 5.15. The number of aliphatic hydroxyl groups is 1. The molecule has 1 unspecified atom stereocenters. The zero-order valence-electron chi connectivity index (χ0n) is 9.38. The Morgan fingerprint density at radius 2 is 2.25 bits per heavy atom.